The van der Waals surface area contributed by atoms with Crippen LogP contribution in [-0.4, -0.2) is 25.8 Å². The van der Waals surface area contributed by atoms with Crippen molar-refractivity contribution in [1.82, 2.24) is 5.32 Å². The summed E-state index contributed by atoms with van der Waals surface area (Å²) in [7, 11) is 0. The van der Waals surface area contributed by atoms with Crippen molar-refractivity contribution in [2.45, 2.75) is 45.6 Å². The second-order valence-corrected chi connectivity index (χ2v) is 4.07. The molecule has 0 radical (unpaired) electrons. The van der Waals surface area contributed by atoms with Crippen molar-refractivity contribution in [3.8, 4) is 0 Å². The van der Waals surface area contributed by atoms with Gasteiger partial charge in [0.25, 0.3) is 0 Å². The third-order valence-corrected chi connectivity index (χ3v) is 2.92. The van der Waals surface area contributed by atoms with Gasteiger partial charge in [-0.15, -0.1) is 0 Å². The number of hydrogen-bond donors (Lipinski definition) is 1. The van der Waals surface area contributed by atoms with Gasteiger partial charge < -0.3 is 10.1 Å². The number of unbranched alkanes of at least 4 members (excludes halogenated alkanes) is 2. The predicted molar refractivity (Wildman–Crippen MR) is 55.9 cm³/mol. The maximum absolute atomic E-state index is 5.37. The molecule has 2 heteroatoms. The van der Waals surface area contributed by atoms with Crippen molar-refractivity contribution in [1.29, 1.82) is 0 Å². The van der Waals surface area contributed by atoms with E-state index < -0.39 is 0 Å². The Morgan fingerprint density at radius 2 is 2.31 bits per heavy atom. The van der Waals surface area contributed by atoms with E-state index in [4.69, 9.17) is 4.74 Å². The number of rotatable bonds is 6. The molecule has 1 rings (SSSR count). The van der Waals surface area contributed by atoms with Gasteiger partial charge in [0.15, 0.2) is 0 Å². The molecule has 0 spiro atoms. The molecule has 0 aromatic carbocycles. The fourth-order valence-corrected chi connectivity index (χ4v) is 1.82. The maximum atomic E-state index is 5.37. The van der Waals surface area contributed by atoms with Gasteiger partial charge in [-0.05, 0) is 32.2 Å². The van der Waals surface area contributed by atoms with Gasteiger partial charge in [-0.25, -0.2) is 0 Å². The highest BCUT2D eigenvalue weighted by atomic mass is 16.5. The molecule has 1 saturated heterocycles. The van der Waals surface area contributed by atoms with Crippen LogP contribution in [0.15, 0.2) is 0 Å². The number of ether oxygens (including phenoxy) is 1. The van der Waals surface area contributed by atoms with Crippen molar-refractivity contribution in [3.05, 3.63) is 0 Å². The summed E-state index contributed by atoms with van der Waals surface area (Å²) in [4.78, 5) is 0. The van der Waals surface area contributed by atoms with Crippen LogP contribution in [0, 0.1) is 5.92 Å². The molecule has 1 N–H and O–H groups in total. The van der Waals surface area contributed by atoms with E-state index in [1.165, 1.54) is 32.2 Å². The Balaban J connectivity index is 1.99. The minimum atomic E-state index is 0.638. The lowest BCUT2D eigenvalue weighted by atomic mass is 10.0. The molecule has 78 valence electrons. The Hall–Kier alpha value is -0.0800. The minimum absolute atomic E-state index is 0.638. The van der Waals surface area contributed by atoms with E-state index in [1.807, 2.05) is 0 Å². The van der Waals surface area contributed by atoms with Gasteiger partial charge in [-0.3, -0.25) is 0 Å². The molecule has 0 aromatic rings. The smallest absolute Gasteiger partial charge is 0.0509 e. The van der Waals surface area contributed by atoms with E-state index in [-0.39, 0.29) is 0 Å². The molecular formula is C11H23NO. The van der Waals surface area contributed by atoms with Gasteiger partial charge in [-0.1, -0.05) is 19.8 Å². The Labute approximate surface area is 82.0 Å². The first-order chi connectivity index (χ1) is 6.34. The standard InChI is InChI=1S/C11H23NO/c1-3-4-5-7-12-10(2)11-6-8-13-9-11/h10-12H,3-9H2,1-2H3. The molecule has 1 aliphatic heterocycles. The zero-order chi connectivity index (χ0) is 9.52. The summed E-state index contributed by atoms with van der Waals surface area (Å²) in [6, 6.07) is 0.638. The first kappa shape index (κ1) is 11.0. The molecule has 0 aromatic heterocycles. The first-order valence-corrected chi connectivity index (χ1v) is 5.65. The third kappa shape index (κ3) is 4.10. The Kier molecular flexibility index (Phi) is 5.40. The molecule has 0 aliphatic carbocycles. The molecule has 2 atom stereocenters. The van der Waals surface area contributed by atoms with Crippen LogP contribution in [-0.2, 0) is 4.74 Å². The number of hydrogen-bond acceptors (Lipinski definition) is 2. The van der Waals surface area contributed by atoms with Gasteiger partial charge in [0.05, 0.1) is 6.61 Å². The normalized spacial score (nSPS) is 24.9. The summed E-state index contributed by atoms with van der Waals surface area (Å²) in [6.07, 6.45) is 5.21. The second kappa shape index (κ2) is 6.39. The average molecular weight is 185 g/mol. The molecule has 13 heavy (non-hydrogen) atoms. The van der Waals surface area contributed by atoms with Crippen molar-refractivity contribution in [3.63, 3.8) is 0 Å². The highest BCUT2D eigenvalue weighted by Gasteiger charge is 2.21. The Morgan fingerprint density at radius 3 is 2.92 bits per heavy atom. The molecular weight excluding hydrogens is 162 g/mol. The summed E-state index contributed by atoms with van der Waals surface area (Å²) in [5, 5.41) is 3.58. The molecule has 1 aliphatic rings. The zero-order valence-electron chi connectivity index (χ0n) is 9.01. The van der Waals surface area contributed by atoms with Crippen molar-refractivity contribution < 1.29 is 4.74 Å². The SMILES string of the molecule is CCCCCNC(C)C1CCOC1. The first-order valence-electron chi connectivity index (χ1n) is 5.65. The molecule has 2 unspecified atom stereocenters. The van der Waals surface area contributed by atoms with Crippen LogP contribution in [0.5, 0.6) is 0 Å². The average Bonchev–Trinajstić information content (AvgIpc) is 2.65. The third-order valence-electron chi connectivity index (χ3n) is 2.92. The van der Waals surface area contributed by atoms with E-state index >= 15 is 0 Å². The number of nitrogens with one attached hydrogen (secondary N) is 1. The summed E-state index contributed by atoms with van der Waals surface area (Å²) >= 11 is 0. The molecule has 1 heterocycles. The molecule has 1 fully saturated rings. The van der Waals surface area contributed by atoms with Crippen molar-refractivity contribution >= 4 is 0 Å². The van der Waals surface area contributed by atoms with E-state index in [1.54, 1.807) is 0 Å². The van der Waals surface area contributed by atoms with E-state index in [0.717, 1.165) is 19.1 Å². The quantitative estimate of drug-likeness (QED) is 0.640. The maximum Gasteiger partial charge on any atom is 0.0509 e. The van der Waals surface area contributed by atoms with E-state index in [9.17, 15) is 0 Å². The Morgan fingerprint density at radius 1 is 1.46 bits per heavy atom. The summed E-state index contributed by atoms with van der Waals surface area (Å²) in [5.41, 5.74) is 0. The molecule has 0 saturated carbocycles. The fraction of sp³-hybridized carbons (Fsp3) is 1.00. The largest absolute Gasteiger partial charge is 0.381 e. The zero-order valence-corrected chi connectivity index (χ0v) is 9.01. The monoisotopic (exact) mass is 185 g/mol. The highest BCUT2D eigenvalue weighted by Crippen LogP contribution is 2.16. The molecule has 0 amide bonds. The van der Waals surface area contributed by atoms with Gasteiger partial charge in [0.2, 0.25) is 0 Å². The van der Waals surface area contributed by atoms with Gasteiger partial charge in [0.1, 0.15) is 0 Å². The van der Waals surface area contributed by atoms with Gasteiger partial charge >= 0.3 is 0 Å². The van der Waals surface area contributed by atoms with E-state index in [0.29, 0.717) is 6.04 Å². The minimum Gasteiger partial charge on any atom is -0.381 e. The summed E-state index contributed by atoms with van der Waals surface area (Å²) < 4.78 is 5.37. The summed E-state index contributed by atoms with van der Waals surface area (Å²) in [5.74, 6) is 0.752. The lowest BCUT2D eigenvalue weighted by Crippen LogP contribution is -2.34. The molecule has 2 nitrogen and oxygen atoms in total. The lowest BCUT2D eigenvalue weighted by molar-refractivity contribution is 0.178. The van der Waals surface area contributed by atoms with Crippen LogP contribution >= 0.6 is 0 Å². The van der Waals surface area contributed by atoms with Gasteiger partial charge in [-0.2, -0.15) is 0 Å². The predicted octanol–water partition coefficient (Wildman–Crippen LogP) is 2.19. The molecule has 0 bridgehead atoms. The van der Waals surface area contributed by atoms with E-state index in [2.05, 4.69) is 19.2 Å². The second-order valence-electron chi connectivity index (χ2n) is 4.07. The lowest BCUT2D eigenvalue weighted by Gasteiger charge is -2.18. The van der Waals surface area contributed by atoms with Crippen LogP contribution in [0.3, 0.4) is 0 Å². The van der Waals surface area contributed by atoms with Crippen LogP contribution in [0.25, 0.3) is 0 Å². The van der Waals surface area contributed by atoms with Gasteiger partial charge in [0, 0.05) is 12.6 Å². The fourth-order valence-electron chi connectivity index (χ4n) is 1.82. The highest BCUT2D eigenvalue weighted by molar-refractivity contribution is 4.75. The van der Waals surface area contributed by atoms with Crippen LogP contribution in [0.2, 0.25) is 0 Å². The van der Waals surface area contributed by atoms with Crippen LogP contribution in [0.1, 0.15) is 39.5 Å². The van der Waals surface area contributed by atoms with Crippen LogP contribution in [0.4, 0.5) is 0 Å². The van der Waals surface area contributed by atoms with Crippen molar-refractivity contribution in [2.75, 3.05) is 19.8 Å². The van der Waals surface area contributed by atoms with Crippen LogP contribution < -0.4 is 5.32 Å². The Bertz CT molecular complexity index is 121. The van der Waals surface area contributed by atoms with Crippen molar-refractivity contribution in [2.24, 2.45) is 5.92 Å². The summed E-state index contributed by atoms with van der Waals surface area (Å²) in [6.45, 7) is 7.62. The topological polar surface area (TPSA) is 21.3 Å².